The molecule has 1 unspecified atom stereocenters. The van der Waals surface area contributed by atoms with Gasteiger partial charge in [-0.15, -0.1) is 0 Å². The normalized spacial score (nSPS) is 16.8. The molecule has 0 radical (unpaired) electrons. The minimum Gasteiger partial charge on any atom is -0.384 e. The van der Waals surface area contributed by atoms with Crippen LogP contribution < -0.4 is 5.32 Å². The molecule has 1 saturated heterocycles. The maximum atomic E-state index is 11.5. The van der Waals surface area contributed by atoms with Gasteiger partial charge in [-0.05, 0) is 38.3 Å². The zero-order valence-corrected chi connectivity index (χ0v) is 22.4. The number of nitrogens with zero attached hydrogens (tertiary/aromatic N) is 2. The molecular weight excluding hydrogens is 394 g/mol. The van der Waals surface area contributed by atoms with E-state index >= 15 is 0 Å². The van der Waals surface area contributed by atoms with Crippen LogP contribution in [0.2, 0.25) is 0 Å². The quantitative estimate of drug-likeness (QED) is 0.608. The van der Waals surface area contributed by atoms with Gasteiger partial charge in [0.05, 0.1) is 13.2 Å². The average molecular weight is 446 g/mol. The van der Waals surface area contributed by atoms with Crippen molar-refractivity contribution in [2.45, 2.75) is 62.3 Å². The van der Waals surface area contributed by atoms with Crippen LogP contribution in [-0.4, -0.2) is 82.4 Å². The van der Waals surface area contributed by atoms with Crippen LogP contribution in [0.3, 0.4) is 0 Å². The predicted molar refractivity (Wildman–Crippen MR) is 130 cm³/mol. The fourth-order valence-corrected chi connectivity index (χ4v) is 3.01. The van der Waals surface area contributed by atoms with E-state index in [1.165, 1.54) is 6.92 Å². The summed E-state index contributed by atoms with van der Waals surface area (Å²) in [5.74, 6) is 1.36. The van der Waals surface area contributed by atoms with Crippen molar-refractivity contribution >= 4 is 18.6 Å². The minimum atomic E-state index is 0.00882. The van der Waals surface area contributed by atoms with Gasteiger partial charge >= 0.3 is 0 Å². The minimum absolute atomic E-state index is 0.00882. The summed E-state index contributed by atoms with van der Waals surface area (Å²) in [6.45, 7) is 22.4. The molecular formula is C24H51N3O4. The summed E-state index contributed by atoms with van der Waals surface area (Å²) in [4.78, 5) is 34.4. The Kier molecular flexibility index (Phi) is 20.0. The fourth-order valence-electron chi connectivity index (χ4n) is 3.01. The number of aldehydes is 1. The molecule has 0 aliphatic carbocycles. The molecule has 1 heterocycles. The first-order valence-electron chi connectivity index (χ1n) is 11.1. The zero-order valence-electron chi connectivity index (χ0n) is 22.4. The Balaban J connectivity index is -0.000000402. The van der Waals surface area contributed by atoms with Crippen LogP contribution in [0.4, 0.5) is 0 Å². The summed E-state index contributed by atoms with van der Waals surface area (Å²) in [5, 5.41) is 2.40. The number of ether oxygens (including phenoxy) is 1. The highest BCUT2D eigenvalue weighted by atomic mass is 16.5. The van der Waals surface area contributed by atoms with Crippen molar-refractivity contribution < 1.29 is 19.1 Å². The third-order valence-electron chi connectivity index (χ3n) is 4.40. The molecule has 0 aromatic rings. The van der Waals surface area contributed by atoms with Gasteiger partial charge in [0.15, 0.2) is 0 Å². The van der Waals surface area contributed by atoms with Gasteiger partial charge in [0.25, 0.3) is 0 Å². The Morgan fingerprint density at radius 1 is 1.26 bits per heavy atom. The zero-order chi connectivity index (χ0) is 25.3. The first kappa shape index (κ1) is 34.2. The molecule has 31 heavy (non-hydrogen) atoms. The van der Waals surface area contributed by atoms with Gasteiger partial charge in [-0.2, -0.15) is 0 Å². The number of carbonyl (C=O) groups is 3. The molecule has 1 atom stereocenters. The highest BCUT2D eigenvalue weighted by molar-refractivity contribution is 5.80. The topological polar surface area (TPSA) is 79.0 Å². The SMILES string of the molecule is CC(C)C.CC1CN(C(=O)CNC=O)CC1(C)C.CC=O.COCC(C)(C)CN(C)C. The van der Waals surface area contributed by atoms with Gasteiger partial charge < -0.3 is 24.6 Å². The van der Waals surface area contributed by atoms with Crippen molar-refractivity contribution in [3.8, 4) is 0 Å². The summed E-state index contributed by atoms with van der Waals surface area (Å²) >= 11 is 0. The van der Waals surface area contributed by atoms with Gasteiger partial charge in [-0.1, -0.05) is 55.4 Å². The molecule has 1 aliphatic rings. The predicted octanol–water partition coefficient (Wildman–Crippen LogP) is 3.33. The van der Waals surface area contributed by atoms with Gasteiger partial charge in [-0.25, -0.2) is 0 Å². The third-order valence-corrected chi connectivity index (χ3v) is 4.40. The summed E-state index contributed by atoms with van der Waals surface area (Å²) in [6.07, 6.45) is 1.31. The number of likely N-dealkylation sites (tertiary alicyclic amines) is 1. The van der Waals surface area contributed by atoms with E-state index in [4.69, 9.17) is 9.53 Å². The molecule has 7 nitrogen and oxygen atoms in total. The lowest BCUT2D eigenvalue weighted by atomic mass is 9.84. The van der Waals surface area contributed by atoms with E-state index in [9.17, 15) is 9.59 Å². The van der Waals surface area contributed by atoms with Gasteiger partial charge in [-0.3, -0.25) is 9.59 Å². The average Bonchev–Trinajstić information content (AvgIpc) is 2.85. The maximum absolute atomic E-state index is 11.5. The summed E-state index contributed by atoms with van der Waals surface area (Å²) in [7, 11) is 5.91. The van der Waals surface area contributed by atoms with Crippen LogP contribution in [0.5, 0.6) is 0 Å². The molecule has 1 aliphatic heterocycles. The Hall–Kier alpha value is -1.47. The third kappa shape index (κ3) is 21.5. The molecule has 0 saturated carbocycles. The van der Waals surface area contributed by atoms with E-state index in [0.29, 0.717) is 12.3 Å². The van der Waals surface area contributed by atoms with E-state index in [1.54, 1.807) is 7.11 Å². The van der Waals surface area contributed by atoms with Crippen LogP contribution in [-0.2, 0) is 19.1 Å². The highest BCUT2D eigenvalue weighted by Crippen LogP contribution is 2.34. The van der Waals surface area contributed by atoms with E-state index in [2.05, 4.69) is 79.7 Å². The molecule has 2 amide bonds. The smallest absolute Gasteiger partial charge is 0.241 e. The maximum Gasteiger partial charge on any atom is 0.241 e. The second kappa shape index (κ2) is 18.1. The largest absolute Gasteiger partial charge is 0.384 e. The van der Waals surface area contributed by atoms with Crippen LogP contribution >= 0.6 is 0 Å². The Labute approximate surface area is 192 Å². The first-order valence-corrected chi connectivity index (χ1v) is 11.1. The molecule has 7 heteroatoms. The van der Waals surface area contributed by atoms with Gasteiger partial charge in [0.1, 0.15) is 6.29 Å². The fraction of sp³-hybridized carbons (Fsp3) is 0.875. The van der Waals surface area contributed by atoms with Crippen molar-refractivity contribution in [3.63, 3.8) is 0 Å². The van der Waals surface area contributed by atoms with Crippen LogP contribution in [0, 0.1) is 22.7 Å². The molecule has 0 aromatic heterocycles. The number of hydrogen-bond acceptors (Lipinski definition) is 5. The van der Waals surface area contributed by atoms with Crippen molar-refractivity contribution in [1.82, 2.24) is 15.1 Å². The number of amides is 2. The number of hydrogen-bond donors (Lipinski definition) is 1. The molecule has 0 bridgehead atoms. The molecule has 1 rings (SSSR count). The lowest BCUT2D eigenvalue weighted by molar-refractivity contribution is -0.130. The Bertz CT molecular complexity index is 475. The first-order chi connectivity index (χ1) is 14.1. The summed E-state index contributed by atoms with van der Waals surface area (Å²) in [5.41, 5.74) is 0.467. The standard InChI is InChI=1S/C10H18N2O2.C8H19NO.C4H10.C2H4O/c1-8-5-12(6-10(8,2)3)9(14)4-11-7-13;1-8(2,7-10-5)6-9(3)4;1-4(2)3;1-2-3/h7-8H,4-6H2,1-3H3,(H,11,13);6-7H2,1-5H3;4H,1-3H3;2H,1H3. The Morgan fingerprint density at radius 3 is 2.00 bits per heavy atom. The van der Waals surface area contributed by atoms with E-state index < -0.39 is 0 Å². The monoisotopic (exact) mass is 445 g/mol. The molecule has 0 aromatic carbocycles. The van der Waals surface area contributed by atoms with Crippen LogP contribution in [0.15, 0.2) is 0 Å². The van der Waals surface area contributed by atoms with E-state index in [0.717, 1.165) is 38.4 Å². The lowest BCUT2D eigenvalue weighted by Crippen LogP contribution is -2.37. The van der Waals surface area contributed by atoms with Gasteiger partial charge in [0.2, 0.25) is 12.3 Å². The number of rotatable bonds is 7. The second-order valence-corrected chi connectivity index (χ2v) is 10.5. The van der Waals surface area contributed by atoms with Crippen LogP contribution in [0.25, 0.3) is 0 Å². The highest BCUT2D eigenvalue weighted by Gasteiger charge is 2.37. The number of methoxy groups -OCH3 is 1. The molecule has 0 spiro atoms. The molecule has 186 valence electrons. The van der Waals surface area contributed by atoms with E-state index in [1.807, 2.05) is 4.90 Å². The molecule has 1 fully saturated rings. The summed E-state index contributed by atoms with van der Waals surface area (Å²) < 4.78 is 5.08. The van der Waals surface area contributed by atoms with E-state index in [-0.39, 0.29) is 23.3 Å². The second-order valence-electron chi connectivity index (χ2n) is 10.5. The van der Waals surface area contributed by atoms with Crippen molar-refractivity contribution in [1.29, 1.82) is 0 Å². The molecule has 1 N–H and O–H groups in total. The summed E-state index contributed by atoms with van der Waals surface area (Å²) in [6, 6.07) is 0. The van der Waals surface area contributed by atoms with Crippen molar-refractivity contribution in [2.75, 3.05) is 54.0 Å². The Morgan fingerprint density at radius 2 is 1.71 bits per heavy atom. The number of carbonyl (C=O) groups excluding carboxylic acids is 3. The van der Waals surface area contributed by atoms with Crippen molar-refractivity contribution in [3.05, 3.63) is 0 Å². The van der Waals surface area contributed by atoms with Gasteiger partial charge in [0, 0.05) is 32.2 Å². The lowest BCUT2D eigenvalue weighted by Gasteiger charge is -2.26. The van der Waals surface area contributed by atoms with Crippen molar-refractivity contribution in [2.24, 2.45) is 22.7 Å². The number of nitrogens with one attached hydrogen (secondary N) is 1. The van der Waals surface area contributed by atoms with Crippen LogP contribution in [0.1, 0.15) is 62.3 Å².